The molecule has 3 heterocycles. The number of benzene rings is 1. The van der Waals surface area contributed by atoms with Gasteiger partial charge in [0.15, 0.2) is 11.2 Å². The molecular weight excluding hydrogens is 526 g/mol. The number of nitrogens with zero attached hydrogens (tertiary/aromatic N) is 7. The number of hydrogen-bond acceptors (Lipinski definition) is 10. The molecule has 4 rings (SSSR count). The second kappa shape index (κ2) is 13.7. The van der Waals surface area contributed by atoms with Crippen LogP contribution >= 0.6 is 0 Å². The molecule has 13 nitrogen and oxygen atoms in total. The van der Waals surface area contributed by atoms with Crippen molar-refractivity contribution in [2.24, 2.45) is 0 Å². The summed E-state index contributed by atoms with van der Waals surface area (Å²) in [4.78, 5) is 32.1. The van der Waals surface area contributed by atoms with Crippen LogP contribution in [-0.4, -0.2) is 66.1 Å². The Balaban J connectivity index is 1.24. The lowest BCUT2D eigenvalue weighted by Crippen LogP contribution is -2.32. The maximum Gasteiger partial charge on any atom is 0.407 e. The summed E-state index contributed by atoms with van der Waals surface area (Å²) in [7, 11) is 1.36. The average molecular weight is 564 g/mol. The Morgan fingerprint density at radius 2 is 1.80 bits per heavy atom. The van der Waals surface area contributed by atoms with Crippen molar-refractivity contribution in [2.75, 3.05) is 19.0 Å². The first kappa shape index (κ1) is 29.4. The third-order valence-electron chi connectivity index (χ3n) is 6.10. The summed E-state index contributed by atoms with van der Waals surface area (Å²) in [6.07, 6.45) is 10.0. The van der Waals surface area contributed by atoms with E-state index in [0.29, 0.717) is 35.9 Å². The van der Waals surface area contributed by atoms with Gasteiger partial charge in [-0.2, -0.15) is 14.8 Å². The van der Waals surface area contributed by atoms with Gasteiger partial charge in [0.25, 0.3) is 0 Å². The topological polar surface area (TPSA) is 151 Å². The first-order valence-electron chi connectivity index (χ1n) is 13.7. The van der Waals surface area contributed by atoms with Crippen molar-refractivity contribution in [3.63, 3.8) is 0 Å². The zero-order valence-corrected chi connectivity index (χ0v) is 24.0. The summed E-state index contributed by atoms with van der Waals surface area (Å²) < 4.78 is 13.2. The van der Waals surface area contributed by atoms with Crippen LogP contribution in [0.15, 0.2) is 42.9 Å². The van der Waals surface area contributed by atoms with Gasteiger partial charge in [0, 0.05) is 12.2 Å². The summed E-state index contributed by atoms with van der Waals surface area (Å²) in [6, 6.07) is 8.21. The minimum atomic E-state index is -0.474. The summed E-state index contributed by atoms with van der Waals surface area (Å²) in [5.41, 5.74) is 3.41. The molecule has 0 bridgehead atoms. The minimum absolute atomic E-state index is 0.222. The molecule has 13 heteroatoms. The van der Waals surface area contributed by atoms with Crippen molar-refractivity contribution in [3.8, 4) is 5.69 Å². The van der Waals surface area contributed by atoms with Crippen LogP contribution < -0.4 is 10.6 Å². The number of methoxy groups -OCH3 is 1. The number of carbonyl (C=O) groups excluding carboxylic acids is 2. The van der Waals surface area contributed by atoms with Gasteiger partial charge in [-0.05, 0) is 57.7 Å². The number of esters is 1. The largest absolute Gasteiger partial charge is 0.469 e. The maximum atomic E-state index is 11.7. The predicted molar refractivity (Wildman–Crippen MR) is 153 cm³/mol. The molecule has 4 aromatic rings. The smallest absolute Gasteiger partial charge is 0.407 e. The van der Waals surface area contributed by atoms with Crippen LogP contribution in [0.25, 0.3) is 16.9 Å². The minimum Gasteiger partial charge on any atom is -0.469 e. The van der Waals surface area contributed by atoms with Gasteiger partial charge >= 0.3 is 12.1 Å². The van der Waals surface area contributed by atoms with Gasteiger partial charge in [-0.25, -0.2) is 9.78 Å². The molecule has 0 spiro atoms. The van der Waals surface area contributed by atoms with Gasteiger partial charge in [-0.3, -0.25) is 9.48 Å². The van der Waals surface area contributed by atoms with E-state index in [1.165, 1.54) is 12.7 Å². The van der Waals surface area contributed by atoms with E-state index in [1.807, 2.05) is 32.9 Å². The molecule has 1 amide bonds. The number of unbranched alkanes of at least 4 members (excludes halogenated alkanes) is 3. The highest BCUT2D eigenvalue weighted by Gasteiger charge is 2.15. The standard InChI is InChI=1S/C28H37N9O4/c1-28(2,3)41-27(39)29-15-8-6-5-7-9-20-10-12-21(13-11-20)32-26-30-18-23-25(33-26)37(35-34-23)22-17-31-36(19-22)16-14-24(38)40-4/h10-13,17-19H,5-9,14-16H2,1-4H3,(H,29,39)(H,30,32,33). The molecule has 0 aliphatic rings. The van der Waals surface area contributed by atoms with Gasteiger partial charge < -0.3 is 20.1 Å². The molecule has 0 aliphatic heterocycles. The first-order chi connectivity index (χ1) is 19.7. The van der Waals surface area contributed by atoms with Crippen LogP contribution in [-0.2, 0) is 27.2 Å². The Hall–Kier alpha value is -4.55. The van der Waals surface area contributed by atoms with Crippen LogP contribution in [0.3, 0.4) is 0 Å². The van der Waals surface area contributed by atoms with Crippen LogP contribution in [0, 0.1) is 0 Å². The summed E-state index contributed by atoms with van der Waals surface area (Å²) in [5.74, 6) is 0.123. The number of ether oxygens (including phenoxy) is 2. The average Bonchev–Trinajstić information content (AvgIpc) is 3.58. The van der Waals surface area contributed by atoms with E-state index in [2.05, 4.69) is 52.9 Å². The zero-order chi connectivity index (χ0) is 29.2. The van der Waals surface area contributed by atoms with Crippen LogP contribution in [0.4, 0.5) is 16.4 Å². The highest BCUT2D eigenvalue weighted by Crippen LogP contribution is 2.19. The molecular formula is C28H37N9O4. The Morgan fingerprint density at radius 1 is 1.02 bits per heavy atom. The fourth-order valence-electron chi connectivity index (χ4n) is 4.05. The number of aryl methyl sites for hydroxylation is 2. The highest BCUT2D eigenvalue weighted by molar-refractivity contribution is 5.72. The van der Waals surface area contributed by atoms with E-state index in [-0.39, 0.29) is 18.5 Å². The van der Waals surface area contributed by atoms with Gasteiger partial charge in [-0.1, -0.05) is 30.2 Å². The first-order valence-corrected chi connectivity index (χ1v) is 13.7. The maximum absolute atomic E-state index is 11.7. The SMILES string of the molecule is COC(=O)CCn1cc(-n2nnc3cnc(Nc4ccc(CCCCCCNC(=O)OC(C)(C)C)cc4)nc32)cn1. The van der Waals surface area contributed by atoms with E-state index < -0.39 is 5.60 Å². The van der Waals surface area contributed by atoms with Crippen LogP contribution in [0.2, 0.25) is 0 Å². The van der Waals surface area contributed by atoms with Gasteiger partial charge in [0.2, 0.25) is 5.95 Å². The molecule has 2 N–H and O–H groups in total. The molecule has 0 radical (unpaired) electrons. The van der Waals surface area contributed by atoms with Crippen molar-refractivity contribution in [3.05, 3.63) is 48.4 Å². The van der Waals surface area contributed by atoms with Gasteiger partial charge in [0.05, 0.1) is 38.7 Å². The number of anilines is 2. The second-order valence-electron chi connectivity index (χ2n) is 10.6. The van der Waals surface area contributed by atoms with Crippen LogP contribution in [0.5, 0.6) is 0 Å². The third kappa shape index (κ3) is 8.98. The number of rotatable bonds is 13. The number of amides is 1. The number of hydrogen-bond donors (Lipinski definition) is 2. The number of aromatic nitrogens is 7. The molecule has 0 unspecified atom stereocenters. The molecule has 0 saturated carbocycles. The van der Waals surface area contributed by atoms with E-state index in [0.717, 1.165) is 37.8 Å². The lowest BCUT2D eigenvalue weighted by atomic mass is 10.1. The Morgan fingerprint density at radius 3 is 2.56 bits per heavy atom. The monoisotopic (exact) mass is 563 g/mol. The Kier molecular flexibility index (Phi) is 9.82. The Bertz CT molecular complexity index is 1440. The number of nitrogens with one attached hydrogen (secondary N) is 2. The number of fused-ring (bicyclic) bond motifs is 1. The van der Waals surface area contributed by atoms with Gasteiger partial charge in [-0.15, -0.1) is 5.10 Å². The van der Waals surface area contributed by atoms with E-state index in [4.69, 9.17) is 4.74 Å². The van der Waals surface area contributed by atoms with E-state index in [9.17, 15) is 9.59 Å². The van der Waals surface area contributed by atoms with Crippen molar-refractivity contribution < 1.29 is 19.1 Å². The highest BCUT2D eigenvalue weighted by atomic mass is 16.6. The summed E-state index contributed by atoms with van der Waals surface area (Å²) in [6.45, 7) is 6.58. The lowest BCUT2D eigenvalue weighted by molar-refractivity contribution is -0.140. The number of carbonyl (C=O) groups is 2. The molecule has 0 aliphatic carbocycles. The molecule has 41 heavy (non-hydrogen) atoms. The van der Waals surface area contributed by atoms with Crippen molar-refractivity contribution in [2.45, 2.75) is 71.4 Å². The van der Waals surface area contributed by atoms with E-state index in [1.54, 1.807) is 28.0 Å². The van der Waals surface area contributed by atoms with E-state index >= 15 is 0 Å². The molecule has 3 aromatic heterocycles. The quantitative estimate of drug-likeness (QED) is 0.177. The molecule has 218 valence electrons. The predicted octanol–water partition coefficient (Wildman–Crippen LogP) is 4.34. The summed E-state index contributed by atoms with van der Waals surface area (Å²) >= 11 is 0. The van der Waals surface area contributed by atoms with Gasteiger partial charge in [0.1, 0.15) is 11.3 Å². The van der Waals surface area contributed by atoms with Crippen molar-refractivity contribution in [1.82, 2.24) is 40.1 Å². The third-order valence-corrected chi connectivity index (χ3v) is 6.10. The normalized spacial score (nSPS) is 11.4. The molecule has 0 fully saturated rings. The second-order valence-corrected chi connectivity index (χ2v) is 10.6. The fourth-order valence-corrected chi connectivity index (χ4v) is 4.05. The van der Waals surface area contributed by atoms with Crippen molar-refractivity contribution in [1.29, 1.82) is 0 Å². The molecule has 0 atom stereocenters. The molecule has 0 saturated heterocycles. The Labute approximate surface area is 238 Å². The van der Waals surface area contributed by atoms with Crippen LogP contribution in [0.1, 0.15) is 58.4 Å². The van der Waals surface area contributed by atoms with Crippen molar-refractivity contribution >= 4 is 34.9 Å². The number of alkyl carbamates (subject to hydrolysis) is 1. The molecule has 1 aromatic carbocycles. The zero-order valence-electron chi connectivity index (χ0n) is 24.0. The fraction of sp³-hybridized carbons (Fsp3) is 0.464. The lowest BCUT2D eigenvalue weighted by Gasteiger charge is -2.19. The summed E-state index contributed by atoms with van der Waals surface area (Å²) in [5, 5.41) is 18.7.